The van der Waals surface area contributed by atoms with Gasteiger partial charge in [0, 0.05) is 35.8 Å². The Labute approximate surface area is 162 Å². The number of benzene rings is 2. The molecule has 2 unspecified atom stereocenters. The van der Waals surface area contributed by atoms with E-state index >= 15 is 0 Å². The van der Waals surface area contributed by atoms with Gasteiger partial charge in [0.1, 0.15) is 0 Å². The van der Waals surface area contributed by atoms with Crippen molar-refractivity contribution in [1.82, 2.24) is 20.0 Å². The molecule has 0 bridgehead atoms. The van der Waals surface area contributed by atoms with Gasteiger partial charge in [-0.05, 0) is 31.0 Å². The highest BCUT2D eigenvalue weighted by Gasteiger charge is 2.36. The molecule has 5 rings (SSSR count). The highest BCUT2D eigenvalue weighted by molar-refractivity contribution is 5.82. The number of aliphatic hydroxyl groups excluding tert-OH is 1. The van der Waals surface area contributed by atoms with Crippen LogP contribution in [-0.4, -0.2) is 37.8 Å². The molecule has 0 spiro atoms. The molecule has 0 saturated carbocycles. The maximum Gasteiger partial charge on any atom is 0.244 e. The number of H-pyrrole nitrogens is 1. The van der Waals surface area contributed by atoms with Crippen molar-refractivity contribution >= 4 is 10.9 Å². The average Bonchev–Trinajstić information content (AvgIpc) is 3.41. The first-order valence-electron chi connectivity index (χ1n) is 9.55. The van der Waals surface area contributed by atoms with E-state index in [0.29, 0.717) is 31.2 Å². The standard InChI is InChI=1S/C22H22N4O2/c1-14-5-4-6-15(9-14)21-24-22(28-25-21)20-10-17(27)13-26(20)12-16-11-23-19-8-3-2-7-18(16)19/h2-9,11,17,20,23,27H,10,12-13H2,1H3. The number of β-amino-alcohol motifs (C(OH)–C–C–N with tert-alkyl or cyclic N) is 1. The number of para-hydroxylation sites is 1. The van der Waals surface area contributed by atoms with Gasteiger partial charge in [0.2, 0.25) is 11.7 Å². The summed E-state index contributed by atoms with van der Waals surface area (Å²) in [6, 6.07) is 16.2. The van der Waals surface area contributed by atoms with Gasteiger partial charge in [-0.15, -0.1) is 0 Å². The Hall–Kier alpha value is -2.96. The molecule has 2 N–H and O–H groups in total. The molecular weight excluding hydrogens is 352 g/mol. The number of hydrogen-bond acceptors (Lipinski definition) is 5. The molecule has 0 aliphatic carbocycles. The molecule has 1 aliphatic heterocycles. The number of hydrogen-bond donors (Lipinski definition) is 2. The fourth-order valence-electron chi connectivity index (χ4n) is 4.06. The molecule has 0 radical (unpaired) electrons. The first kappa shape index (κ1) is 17.2. The average molecular weight is 374 g/mol. The summed E-state index contributed by atoms with van der Waals surface area (Å²) in [5.74, 6) is 1.15. The van der Waals surface area contributed by atoms with Crippen LogP contribution in [-0.2, 0) is 6.54 Å². The summed E-state index contributed by atoms with van der Waals surface area (Å²) < 4.78 is 5.61. The van der Waals surface area contributed by atoms with Gasteiger partial charge in [-0.2, -0.15) is 4.98 Å². The molecule has 6 nitrogen and oxygen atoms in total. The molecule has 6 heteroatoms. The van der Waals surface area contributed by atoms with E-state index in [1.54, 1.807) is 0 Å². The van der Waals surface area contributed by atoms with Crippen LogP contribution in [0.4, 0.5) is 0 Å². The lowest BCUT2D eigenvalue weighted by molar-refractivity contribution is 0.169. The van der Waals surface area contributed by atoms with Gasteiger partial charge < -0.3 is 14.6 Å². The Morgan fingerprint density at radius 3 is 3.00 bits per heavy atom. The van der Waals surface area contributed by atoms with Crippen molar-refractivity contribution in [1.29, 1.82) is 0 Å². The first-order valence-corrected chi connectivity index (χ1v) is 9.55. The Bertz CT molecular complexity index is 1120. The SMILES string of the molecule is Cc1cccc(-c2noc(C3CC(O)CN3Cc3c[nH]c4ccccc34)n2)c1. The molecule has 2 aromatic carbocycles. The van der Waals surface area contributed by atoms with E-state index < -0.39 is 6.10 Å². The lowest BCUT2D eigenvalue weighted by Gasteiger charge is -2.20. The molecule has 2 aromatic heterocycles. The number of aryl methyl sites for hydroxylation is 1. The second-order valence-electron chi connectivity index (χ2n) is 7.52. The minimum Gasteiger partial charge on any atom is -0.392 e. The Balaban J connectivity index is 1.42. The lowest BCUT2D eigenvalue weighted by Crippen LogP contribution is -2.24. The summed E-state index contributed by atoms with van der Waals surface area (Å²) in [5, 5.41) is 15.7. The van der Waals surface area contributed by atoms with E-state index in [9.17, 15) is 5.11 Å². The van der Waals surface area contributed by atoms with Crippen molar-refractivity contribution in [2.24, 2.45) is 0 Å². The second-order valence-corrected chi connectivity index (χ2v) is 7.52. The van der Waals surface area contributed by atoms with Crippen LogP contribution < -0.4 is 0 Å². The lowest BCUT2D eigenvalue weighted by atomic mass is 10.1. The third kappa shape index (κ3) is 3.10. The van der Waals surface area contributed by atoms with Crippen LogP contribution in [0.25, 0.3) is 22.3 Å². The monoisotopic (exact) mass is 374 g/mol. The van der Waals surface area contributed by atoms with Crippen molar-refractivity contribution in [3.8, 4) is 11.4 Å². The largest absolute Gasteiger partial charge is 0.392 e. The van der Waals surface area contributed by atoms with E-state index in [4.69, 9.17) is 4.52 Å². The minimum atomic E-state index is -0.399. The van der Waals surface area contributed by atoms with Crippen LogP contribution in [0, 0.1) is 6.92 Å². The number of likely N-dealkylation sites (tertiary alicyclic amines) is 1. The van der Waals surface area contributed by atoms with Crippen molar-refractivity contribution in [2.75, 3.05) is 6.54 Å². The number of aromatic amines is 1. The van der Waals surface area contributed by atoms with Crippen LogP contribution in [0.5, 0.6) is 0 Å². The third-order valence-electron chi connectivity index (χ3n) is 5.43. The number of rotatable bonds is 4. The maximum absolute atomic E-state index is 10.3. The number of aromatic nitrogens is 3. The number of aliphatic hydroxyl groups is 1. The van der Waals surface area contributed by atoms with Gasteiger partial charge in [0.15, 0.2) is 0 Å². The fourth-order valence-corrected chi connectivity index (χ4v) is 4.06. The van der Waals surface area contributed by atoms with Crippen molar-refractivity contribution in [3.05, 3.63) is 71.7 Å². The zero-order valence-electron chi connectivity index (χ0n) is 15.7. The molecule has 1 fully saturated rings. The molecular formula is C22H22N4O2. The maximum atomic E-state index is 10.3. The summed E-state index contributed by atoms with van der Waals surface area (Å²) in [4.78, 5) is 10.2. The van der Waals surface area contributed by atoms with Crippen LogP contribution in [0.2, 0.25) is 0 Å². The van der Waals surface area contributed by atoms with E-state index in [-0.39, 0.29) is 6.04 Å². The molecule has 2 atom stereocenters. The third-order valence-corrected chi connectivity index (χ3v) is 5.43. The Morgan fingerprint density at radius 1 is 1.21 bits per heavy atom. The van der Waals surface area contributed by atoms with E-state index in [0.717, 1.165) is 16.6 Å². The fraction of sp³-hybridized carbons (Fsp3) is 0.273. The zero-order chi connectivity index (χ0) is 19.1. The zero-order valence-corrected chi connectivity index (χ0v) is 15.7. The summed E-state index contributed by atoms with van der Waals surface area (Å²) in [6.07, 6.45) is 2.24. The van der Waals surface area contributed by atoms with Crippen LogP contribution >= 0.6 is 0 Å². The van der Waals surface area contributed by atoms with Crippen LogP contribution in [0.15, 0.2) is 59.3 Å². The van der Waals surface area contributed by atoms with Gasteiger partial charge in [-0.1, -0.05) is 47.1 Å². The summed E-state index contributed by atoms with van der Waals surface area (Å²) in [5.41, 5.74) is 4.42. The van der Waals surface area contributed by atoms with Crippen LogP contribution in [0.3, 0.4) is 0 Å². The predicted octanol–water partition coefficient (Wildman–Crippen LogP) is 3.83. The Kier molecular flexibility index (Phi) is 4.22. The first-order chi connectivity index (χ1) is 13.7. The van der Waals surface area contributed by atoms with Crippen LogP contribution in [0.1, 0.15) is 29.5 Å². The summed E-state index contributed by atoms with van der Waals surface area (Å²) >= 11 is 0. The van der Waals surface area contributed by atoms with E-state index in [2.05, 4.69) is 32.2 Å². The van der Waals surface area contributed by atoms with Gasteiger partial charge in [0.05, 0.1) is 12.1 Å². The molecule has 3 heterocycles. The molecule has 0 amide bonds. The quantitative estimate of drug-likeness (QED) is 0.568. The molecule has 142 valence electrons. The van der Waals surface area contributed by atoms with E-state index in [1.807, 2.05) is 49.5 Å². The number of nitrogens with zero attached hydrogens (tertiary/aromatic N) is 3. The summed E-state index contributed by atoms with van der Waals surface area (Å²) in [7, 11) is 0. The van der Waals surface area contributed by atoms with Gasteiger partial charge in [-0.25, -0.2) is 0 Å². The van der Waals surface area contributed by atoms with Crippen molar-refractivity contribution in [3.63, 3.8) is 0 Å². The highest BCUT2D eigenvalue weighted by Crippen LogP contribution is 2.34. The topological polar surface area (TPSA) is 78.2 Å². The van der Waals surface area contributed by atoms with Crippen molar-refractivity contribution < 1.29 is 9.63 Å². The minimum absolute atomic E-state index is 0.0882. The number of nitrogens with one attached hydrogen (secondary N) is 1. The van der Waals surface area contributed by atoms with Gasteiger partial charge in [0.25, 0.3) is 0 Å². The molecule has 1 aliphatic rings. The highest BCUT2D eigenvalue weighted by atomic mass is 16.5. The molecule has 28 heavy (non-hydrogen) atoms. The smallest absolute Gasteiger partial charge is 0.244 e. The van der Waals surface area contributed by atoms with Gasteiger partial charge >= 0.3 is 0 Å². The summed E-state index contributed by atoms with van der Waals surface area (Å²) in [6.45, 7) is 3.35. The normalized spacial score (nSPS) is 20.2. The van der Waals surface area contributed by atoms with E-state index in [1.165, 1.54) is 10.9 Å². The molecule has 4 aromatic rings. The van der Waals surface area contributed by atoms with Gasteiger partial charge in [-0.3, -0.25) is 4.90 Å². The predicted molar refractivity (Wildman–Crippen MR) is 107 cm³/mol. The Morgan fingerprint density at radius 2 is 2.11 bits per heavy atom. The second kappa shape index (κ2) is 6.89. The van der Waals surface area contributed by atoms with Crippen molar-refractivity contribution in [2.45, 2.75) is 32.0 Å². The molecule has 1 saturated heterocycles. The number of fused-ring (bicyclic) bond motifs is 1.